The maximum atomic E-state index is 12.3. The molecule has 1 N–H and O–H groups in total. The number of fused-ring (bicyclic) bond motifs is 3. The summed E-state index contributed by atoms with van der Waals surface area (Å²) >= 11 is 0. The first-order chi connectivity index (χ1) is 10.7. The smallest absolute Gasteiger partial charge is 0.337 e. The molecule has 1 saturated carbocycles. The van der Waals surface area contributed by atoms with Crippen molar-refractivity contribution in [1.82, 2.24) is 9.88 Å². The minimum Gasteiger partial charge on any atom is -0.465 e. The van der Waals surface area contributed by atoms with Crippen LogP contribution in [0.2, 0.25) is 0 Å². The Balaban J connectivity index is 1.72. The molecule has 0 bridgehead atoms. The molecule has 4 rings (SSSR count). The molecular formula is C17H18N2O3. The second-order valence-electron chi connectivity index (χ2n) is 6.12. The number of amides is 1. The highest BCUT2D eigenvalue weighted by molar-refractivity contribution is 5.96. The summed E-state index contributed by atoms with van der Waals surface area (Å²) in [6.45, 7) is 1.41. The lowest BCUT2D eigenvalue weighted by atomic mass is 10.0. The van der Waals surface area contributed by atoms with Crippen molar-refractivity contribution in [1.29, 1.82) is 0 Å². The van der Waals surface area contributed by atoms with Crippen molar-refractivity contribution in [2.75, 3.05) is 13.7 Å². The van der Waals surface area contributed by atoms with Gasteiger partial charge in [0, 0.05) is 47.6 Å². The van der Waals surface area contributed by atoms with Gasteiger partial charge < -0.3 is 14.6 Å². The third-order valence-corrected chi connectivity index (χ3v) is 4.63. The minimum atomic E-state index is -0.335. The molecule has 1 amide bonds. The third kappa shape index (κ3) is 2.08. The van der Waals surface area contributed by atoms with Gasteiger partial charge in [0.25, 0.3) is 0 Å². The first kappa shape index (κ1) is 13.4. The fourth-order valence-electron chi connectivity index (χ4n) is 3.24. The van der Waals surface area contributed by atoms with E-state index < -0.39 is 0 Å². The lowest BCUT2D eigenvalue weighted by Gasteiger charge is -2.27. The Morgan fingerprint density at radius 1 is 1.32 bits per heavy atom. The van der Waals surface area contributed by atoms with E-state index in [9.17, 15) is 9.59 Å². The van der Waals surface area contributed by atoms with Crippen molar-refractivity contribution in [3.8, 4) is 0 Å². The monoisotopic (exact) mass is 298 g/mol. The maximum absolute atomic E-state index is 12.3. The zero-order valence-corrected chi connectivity index (χ0v) is 12.5. The summed E-state index contributed by atoms with van der Waals surface area (Å²) in [6.07, 6.45) is 2.90. The normalized spacial score (nSPS) is 17.4. The molecule has 5 heteroatoms. The standard InChI is InChI=1S/C17H18N2O3/c1-22-17(21)11-4-5-14-12(8-11)13-9-19(7-6-15(13)18-14)16(20)10-2-3-10/h4-5,8,10,18H,2-3,6-7,9H2,1H3. The van der Waals surface area contributed by atoms with Gasteiger partial charge in [-0.05, 0) is 31.0 Å². The van der Waals surface area contributed by atoms with Crippen molar-refractivity contribution in [3.05, 3.63) is 35.0 Å². The average molecular weight is 298 g/mol. The van der Waals surface area contributed by atoms with Gasteiger partial charge in [-0.25, -0.2) is 4.79 Å². The third-order valence-electron chi connectivity index (χ3n) is 4.63. The summed E-state index contributed by atoms with van der Waals surface area (Å²) in [5.41, 5.74) is 3.87. The van der Waals surface area contributed by atoms with E-state index in [0.717, 1.165) is 42.3 Å². The largest absolute Gasteiger partial charge is 0.465 e. The average Bonchev–Trinajstić information content (AvgIpc) is 3.34. The van der Waals surface area contributed by atoms with Gasteiger partial charge in [-0.15, -0.1) is 0 Å². The number of H-pyrrole nitrogens is 1. The topological polar surface area (TPSA) is 62.4 Å². The molecule has 5 nitrogen and oxygen atoms in total. The predicted molar refractivity (Wildman–Crippen MR) is 81.5 cm³/mol. The summed E-state index contributed by atoms with van der Waals surface area (Å²) in [5.74, 6) is 0.195. The van der Waals surface area contributed by atoms with Gasteiger partial charge in [0.05, 0.1) is 12.7 Å². The van der Waals surface area contributed by atoms with E-state index in [-0.39, 0.29) is 17.8 Å². The van der Waals surface area contributed by atoms with Crippen molar-refractivity contribution in [2.24, 2.45) is 5.92 Å². The van der Waals surface area contributed by atoms with E-state index in [1.54, 1.807) is 6.07 Å². The summed E-state index contributed by atoms with van der Waals surface area (Å²) in [5, 5.41) is 1.02. The van der Waals surface area contributed by atoms with Crippen LogP contribution in [-0.2, 0) is 22.5 Å². The van der Waals surface area contributed by atoms with Gasteiger partial charge in [0.1, 0.15) is 0 Å². The summed E-state index contributed by atoms with van der Waals surface area (Å²) < 4.78 is 4.79. The van der Waals surface area contributed by atoms with Gasteiger partial charge in [-0.1, -0.05) is 0 Å². The molecule has 2 heterocycles. The number of methoxy groups -OCH3 is 1. The Kier molecular flexibility index (Phi) is 2.96. The Labute approximate surface area is 128 Å². The van der Waals surface area contributed by atoms with Gasteiger partial charge >= 0.3 is 5.97 Å². The molecule has 1 aliphatic carbocycles. The lowest BCUT2D eigenvalue weighted by molar-refractivity contribution is -0.133. The zero-order valence-electron chi connectivity index (χ0n) is 12.5. The molecule has 0 atom stereocenters. The number of ether oxygens (including phenoxy) is 1. The lowest BCUT2D eigenvalue weighted by Crippen LogP contribution is -2.36. The van der Waals surface area contributed by atoms with Crippen LogP contribution in [0.1, 0.15) is 34.5 Å². The Hall–Kier alpha value is -2.30. The molecule has 1 fully saturated rings. The van der Waals surface area contributed by atoms with E-state index in [1.807, 2.05) is 17.0 Å². The van der Waals surface area contributed by atoms with E-state index >= 15 is 0 Å². The molecule has 0 spiro atoms. The summed E-state index contributed by atoms with van der Waals surface area (Å²) in [6, 6.07) is 5.54. The molecule has 0 saturated heterocycles. The number of rotatable bonds is 2. The van der Waals surface area contributed by atoms with Gasteiger partial charge in [-0.2, -0.15) is 0 Å². The molecule has 0 unspecified atom stereocenters. The predicted octanol–water partition coefficient (Wildman–Crippen LogP) is 2.25. The van der Waals surface area contributed by atoms with Crippen LogP contribution < -0.4 is 0 Å². The number of aromatic nitrogens is 1. The maximum Gasteiger partial charge on any atom is 0.337 e. The first-order valence-electron chi connectivity index (χ1n) is 7.68. The van der Waals surface area contributed by atoms with Gasteiger partial charge in [0.2, 0.25) is 5.91 Å². The molecule has 0 radical (unpaired) electrons. The highest BCUT2D eigenvalue weighted by Gasteiger charge is 2.35. The quantitative estimate of drug-likeness (QED) is 0.865. The van der Waals surface area contributed by atoms with Gasteiger partial charge in [-0.3, -0.25) is 4.79 Å². The summed E-state index contributed by atoms with van der Waals surface area (Å²) in [7, 11) is 1.38. The van der Waals surface area contributed by atoms with E-state index in [2.05, 4.69) is 4.98 Å². The highest BCUT2D eigenvalue weighted by Crippen LogP contribution is 2.34. The Morgan fingerprint density at radius 2 is 2.14 bits per heavy atom. The fraction of sp³-hybridized carbons (Fsp3) is 0.412. The second kappa shape index (κ2) is 4.87. The van der Waals surface area contributed by atoms with Crippen LogP contribution in [0.25, 0.3) is 10.9 Å². The van der Waals surface area contributed by atoms with Crippen LogP contribution in [0.4, 0.5) is 0 Å². The molecule has 1 aromatic heterocycles. The number of carbonyl (C=O) groups excluding carboxylic acids is 2. The number of nitrogens with one attached hydrogen (secondary N) is 1. The number of aromatic amines is 1. The van der Waals surface area contributed by atoms with E-state index in [4.69, 9.17) is 4.74 Å². The van der Waals surface area contributed by atoms with Crippen LogP contribution in [0.15, 0.2) is 18.2 Å². The number of hydrogen-bond acceptors (Lipinski definition) is 3. The molecule has 1 aromatic carbocycles. The first-order valence-corrected chi connectivity index (χ1v) is 7.68. The van der Waals surface area contributed by atoms with E-state index in [1.165, 1.54) is 12.8 Å². The number of benzene rings is 1. The molecule has 114 valence electrons. The molecular weight excluding hydrogens is 280 g/mol. The Morgan fingerprint density at radius 3 is 2.86 bits per heavy atom. The highest BCUT2D eigenvalue weighted by atomic mass is 16.5. The second-order valence-corrected chi connectivity index (χ2v) is 6.12. The number of hydrogen-bond donors (Lipinski definition) is 1. The molecule has 22 heavy (non-hydrogen) atoms. The number of carbonyl (C=O) groups is 2. The van der Waals surface area contributed by atoms with Crippen LogP contribution in [0.3, 0.4) is 0 Å². The van der Waals surface area contributed by atoms with Crippen LogP contribution in [-0.4, -0.2) is 35.4 Å². The van der Waals surface area contributed by atoms with Crippen molar-refractivity contribution in [2.45, 2.75) is 25.8 Å². The number of nitrogens with zero attached hydrogens (tertiary/aromatic N) is 1. The Bertz CT molecular complexity index is 774. The van der Waals surface area contributed by atoms with Crippen LogP contribution >= 0.6 is 0 Å². The SMILES string of the molecule is COC(=O)c1ccc2[nH]c3c(c2c1)CN(C(=O)C1CC1)CC3. The van der Waals surface area contributed by atoms with Crippen molar-refractivity contribution < 1.29 is 14.3 Å². The minimum absolute atomic E-state index is 0.248. The molecule has 2 aliphatic rings. The van der Waals surface area contributed by atoms with Crippen LogP contribution in [0, 0.1) is 5.92 Å². The van der Waals surface area contributed by atoms with Crippen LogP contribution in [0.5, 0.6) is 0 Å². The zero-order chi connectivity index (χ0) is 15.3. The summed E-state index contributed by atoms with van der Waals surface area (Å²) in [4.78, 5) is 29.4. The van der Waals surface area contributed by atoms with E-state index in [0.29, 0.717) is 12.1 Å². The van der Waals surface area contributed by atoms with Crippen molar-refractivity contribution >= 4 is 22.8 Å². The number of esters is 1. The van der Waals surface area contributed by atoms with Crippen molar-refractivity contribution in [3.63, 3.8) is 0 Å². The molecule has 1 aliphatic heterocycles. The van der Waals surface area contributed by atoms with Gasteiger partial charge in [0.15, 0.2) is 0 Å². The molecule has 2 aromatic rings. The fourth-order valence-corrected chi connectivity index (χ4v) is 3.24.